The summed E-state index contributed by atoms with van der Waals surface area (Å²) >= 11 is 0. The van der Waals surface area contributed by atoms with Crippen molar-refractivity contribution in [3.8, 4) is 0 Å². The van der Waals surface area contributed by atoms with Gasteiger partial charge in [-0.2, -0.15) is 0 Å². The molecule has 0 unspecified atom stereocenters. The zero-order valence-electron chi connectivity index (χ0n) is 17.2. The number of ether oxygens (including phenoxy) is 2. The summed E-state index contributed by atoms with van der Waals surface area (Å²) < 4.78 is 12.0. The Hall–Kier alpha value is -0.120. The molecular weight excluding hydrogens is 298 g/mol. The molecule has 1 heterocycles. The molecule has 3 heteroatoms. The summed E-state index contributed by atoms with van der Waals surface area (Å²) in [7, 11) is 0. The van der Waals surface area contributed by atoms with Crippen LogP contribution in [0, 0.1) is 17.8 Å². The fourth-order valence-corrected chi connectivity index (χ4v) is 4.18. The van der Waals surface area contributed by atoms with Crippen LogP contribution in [-0.4, -0.2) is 48.4 Å². The van der Waals surface area contributed by atoms with Gasteiger partial charge in [0.15, 0.2) is 0 Å². The molecule has 0 amide bonds. The Labute approximate surface area is 150 Å². The van der Waals surface area contributed by atoms with E-state index in [4.69, 9.17) is 9.47 Å². The Morgan fingerprint density at radius 3 is 2.21 bits per heavy atom. The van der Waals surface area contributed by atoms with E-state index in [1.807, 2.05) is 0 Å². The topological polar surface area (TPSA) is 21.7 Å². The first-order valence-corrected chi connectivity index (χ1v) is 10.1. The molecule has 0 spiro atoms. The van der Waals surface area contributed by atoms with Crippen LogP contribution >= 0.6 is 0 Å². The number of nitrogens with zero attached hydrogens (tertiary/aromatic N) is 1. The molecule has 0 N–H and O–H groups in total. The molecule has 0 aromatic rings. The first-order valence-electron chi connectivity index (χ1n) is 10.1. The summed E-state index contributed by atoms with van der Waals surface area (Å²) in [6, 6.07) is 0. The van der Waals surface area contributed by atoms with Crippen molar-refractivity contribution >= 4 is 0 Å². The lowest BCUT2D eigenvalue weighted by Gasteiger charge is -2.44. The van der Waals surface area contributed by atoms with Crippen LogP contribution in [0.1, 0.15) is 74.1 Å². The average molecular weight is 340 g/mol. The second kappa shape index (κ2) is 8.05. The van der Waals surface area contributed by atoms with Crippen molar-refractivity contribution in [3.05, 3.63) is 0 Å². The van der Waals surface area contributed by atoms with Gasteiger partial charge in [0.25, 0.3) is 0 Å². The Morgan fingerprint density at radius 1 is 1.00 bits per heavy atom. The van der Waals surface area contributed by atoms with E-state index in [0.29, 0.717) is 6.10 Å². The van der Waals surface area contributed by atoms with E-state index in [2.05, 4.69) is 53.4 Å². The monoisotopic (exact) mass is 339 g/mol. The first kappa shape index (κ1) is 20.2. The molecule has 1 aliphatic heterocycles. The maximum absolute atomic E-state index is 6.07. The molecule has 3 nitrogen and oxygen atoms in total. The van der Waals surface area contributed by atoms with Gasteiger partial charge in [0.1, 0.15) is 0 Å². The van der Waals surface area contributed by atoms with Crippen LogP contribution in [0.4, 0.5) is 0 Å². The smallest absolute Gasteiger partial charge is 0.0602 e. The molecule has 1 saturated heterocycles. The van der Waals surface area contributed by atoms with Crippen molar-refractivity contribution in [1.29, 1.82) is 0 Å². The lowest BCUT2D eigenvalue weighted by atomic mass is 9.79. The highest BCUT2D eigenvalue weighted by Gasteiger charge is 2.35. The van der Waals surface area contributed by atoms with Crippen molar-refractivity contribution < 1.29 is 9.47 Å². The predicted molar refractivity (Wildman–Crippen MR) is 101 cm³/mol. The second-order valence-corrected chi connectivity index (χ2v) is 10.2. The predicted octanol–water partition coefficient (Wildman–Crippen LogP) is 4.74. The van der Waals surface area contributed by atoms with Crippen LogP contribution in [0.15, 0.2) is 0 Å². The largest absolute Gasteiger partial charge is 0.376 e. The lowest BCUT2D eigenvalue weighted by Crippen LogP contribution is -2.46. The molecule has 0 bridgehead atoms. The molecule has 142 valence electrons. The quantitative estimate of drug-likeness (QED) is 0.697. The molecule has 2 fully saturated rings. The van der Waals surface area contributed by atoms with Crippen molar-refractivity contribution in [3.63, 3.8) is 0 Å². The maximum Gasteiger partial charge on any atom is 0.0602 e. The normalized spacial score (nSPS) is 32.6. The van der Waals surface area contributed by atoms with Crippen LogP contribution in [-0.2, 0) is 9.47 Å². The van der Waals surface area contributed by atoms with Gasteiger partial charge < -0.3 is 14.4 Å². The van der Waals surface area contributed by atoms with Gasteiger partial charge in [-0.15, -0.1) is 0 Å². The summed E-state index contributed by atoms with van der Waals surface area (Å²) in [4.78, 5) is 2.70. The third-order valence-electron chi connectivity index (χ3n) is 5.42. The van der Waals surface area contributed by atoms with Crippen molar-refractivity contribution in [2.24, 2.45) is 17.8 Å². The first-order chi connectivity index (χ1) is 11.0. The maximum atomic E-state index is 6.07. The average Bonchev–Trinajstić information content (AvgIpc) is 2.36. The summed E-state index contributed by atoms with van der Waals surface area (Å²) in [6.45, 7) is 20.1. The molecule has 0 aromatic heterocycles. The summed E-state index contributed by atoms with van der Waals surface area (Å²) in [5, 5.41) is 0. The van der Waals surface area contributed by atoms with E-state index in [0.717, 1.165) is 24.4 Å². The standard InChI is InChI=1S/C21H41NO2/c1-16-14-22(10-8-18(16)9-11-23-20(2,3)4)15-17-12-19(13-17)24-21(5,6)7/h16-19H,8-15H2,1-7H3/t16-,17?,18+,19?/m1/s1. The summed E-state index contributed by atoms with van der Waals surface area (Å²) in [6.07, 6.45) is 5.57. The minimum Gasteiger partial charge on any atom is -0.376 e. The third kappa shape index (κ3) is 7.01. The fourth-order valence-electron chi connectivity index (χ4n) is 4.18. The number of rotatable bonds is 6. The van der Waals surface area contributed by atoms with Gasteiger partial charge in [0, 0.05) is 19.7 Å². The highest BCUT2D eigenvalue weighted by molar-refractivity contribution is 4.87. The number of hydrogen-bond donors (Lipinski definition) is 0. The molecule has 24 heavy (non-hydrogen) atoms. The van der Waals surface area contributed by atoms with Crippen LogP contribution in [0.2, 0.25) is 0 Å². The minimum atomic E-state index is -0.000169. The highest BCUT2D eigenvalue weighted by atomic mass is 16.5. The third-order valence-corrected chi connectivity index (χ3v) is 5.42. The zero-order chi connectivity index (χ0) is 18.0. The van der Waals surface area contributed by atoms with E-state index in [-0.39, 0.29) is 11.2 Å². The van der Waals surface area contributed by atoms with Crippen LogP contribution in [0.25, 0.3) is 0 Å². The van der Waals surface area contributed by atoms with E-state index in [1.54, 1.807) is 0 Å². The molecule has 1 saturated carbocycles. The van der Waals surface area contributed by atoms with E-state index in [1.165, 1.54) is 45.3 Å². The van der Waals surface area contributed by atoms with Gasteiger partial charge >= 0.3 is 0 Å². The van der Waals surface area contributed by atoms with Gasteiger partial charge in [-0.3, -0.25) is 0 Å². The number of hydrogen-bond acceptors (Lipinski definition) is 3. The highest BCUT2D eigenvalue weighted by Crippen LogP contribution is 2.35. The van der Waals surface area contributed by atoms with Gasteiger partial charge in [-0.05, 0) is 91.5 Å². The van der Waals surface area contributed by atoms with Crippen LogP contribution < -0.4 is 0 Å². The molecular formula is C21H41NO2. The summed E-state index contributed by atoms with van der Waals surface area (Å²) in [5.74, 6) is 2.48. The second-order valence-electron chi connectivity index (χ2n) is 10.2. The Morgan fingerprint density at radius 2 is 1.67 bits per heavy atom. The molecule has 2 rings (SSSR count). The zero-order valence-corrected chi connectivity index (χ0v) is 17.2. The Bertz CT molecular complexity index is 376. The molecule has 0 radical (unpaired) electrons. The van der Waals surface area contributed by atoms with Gasteiger partial charge in [-0.1, -0.05) is 6.92 Å². The number of likely N-dealkylation sites (tertiary alicyclic amines) is 1. The van der Waals surface area contributed by atoms with Gasteiger partial charge in [0.05, 0.1) is 17.3 Å². The summed E-state index contributed by atoms with van der Waals surface area (Å²) in [5.41, 5.74) is 0.0114. The lowest BCUT2D eigenvalue weighted by molar-refractivity contribution is -0.116. The number of piperidine rings is 1. The van der Waals surface area contributed by atoms with Gasteiger partial charge in [0.2, 0.25) is 0 Å². The minimum absolute atomic E-state index is 0.000169. The van der Waals surface area contributed by atoms with Gasteiger partial charge in [-0.25, -0.2) is 0 Å². The Balaban J connectivity index is 1.62. The van der Waals surface area contributed by atoms with E-state index < -0.39 is 0 Å². The SMILES string of the molecule is C[C@@H]1CN(CC2CC(OC(C)(C)C)C2)CC[C@H]1CCOC(C)(C)C. The molecule has 0 aromatic carbocycles. The van der Waals surface area contributed by atoms with Crippen LogP contribution in [0.3, 0.4) is 0 Å². The van der Waals surface area contributed by atoms with E-state index >= 15 is 0 Å². The van der Waals surface area contributed by atoms with Crippen molar-refractivity contribution in [2.75, 3.05) is 26.2 Å². The van der Waals surface area contributed by atoms with Crippen molar-refractivity contribution in [1.82, 2.24) is 4.90 Å². The molecule has 1 aliphatic carbocycles. The molecule has 2 aliphatic rings. The Kier molecular flexibility index (Phi) is 6.78. The fraction of sp³-hybridized carbons (Fsp3) is 1.00. The van der Waals surface area contributed by atoms with Crippen molar-refractivity contribution in [2.45, 2.75) is 91.5 Å². The molecule has 2 atom stereocenters. The van der Waals surface area contributed by atoms with Crippen LogP contribution in [0.5, 0.6) is 0 Å². The van der Waals surface area contributed by atoms with E-state index in [9.17, 15) is 0 Å².